The van der Waals surface area contributed by atoms with E-state index in [-0.39, 0.29) is 6.04 Å². The second kappa shape index (κ2) is 5.17. The largest absolute Gasteiger partial charge is 0.392 e. The van der Waals surface area contributed by atoms with E-state index in [1.807, 2.05) is 0 Å². The molecule has 0 aliphatic heterocycles. The Morgan fingerprint density at radius 2 is 2.08 bits per heavy atom. The van der Waals surface area contributed by atoms with Gasteiger partial charge in [0.1, 0.15) is 0 Å². The molecule has 1 atom stereocenters. The summed E-state index contributed by atoms with van der Waals surface area (Å²) in [5.41, 5.74) is 5.56. The van der Waals surface area contributed by atoms with E-state index in [2.05, 4.69) is 5.32 Å². The molecule has 0 aromatic rings. The molecule has 1 saturated carbocycles. The maximum atomic E-state index is 10.3. The molecule has 1 aliphatic carbocycles. The summed E-state index contributed by atoms with van der Waals surface area (Å²) >= 11 is 4.92. The number of nitrogens with one attached hydrogen (secondary N) is 1. The average Bonchev–Trinajstić information content (AvgIpc) is 2.15. The van der Waals surface area contributed by atoms with Crippen LogP contribution < -0.4 is 11.1 Å². The number of carbonyl (C=O) groups is 1. The van der Waals surface area contributed by atoms with Gasteiger partial charge in [-0.15, -0.1) is 0 Å². The number of amides is 1. The summed E-state index contributed by atoms with van der Waals surface area (Å²) in [5.74, 6) is 0.455. The van der Waals surface area contributed by atoms with Gasteiger partial charge in [0.05, 0.1) is 11.0 Å². The van der Waals surface area contributed by atoms with E-state index in [9.17, 15) is 4.79 Å². The Kier molecular flexibility index (Phi) is 4.15. The normalized spacial score (nSPS) is 20.6. The first-order chi connectivity index (χ1) is 6.25. The van der Waals surface area contributed by atoms with E-state index in [1.165, 1.54) is 19.3 Å². The number of rotatable bonds is 4. The zero-order valence-corrected chi connectivity index (χ0v) is 8.48. The lowest BCUT2D eigenvalue weighted by atomic mass is 9.84. The fourth-order valence-corrected chi connectivity index (χ4v) is 2.25. The molecule has 0 heterocycles. The van der Waals surface area contributed by atoms with Gasteiger partial charge in [-0.2, -0.15) is 0 Å². The molecule has 0 saturated heterocycles. The van der Waals surface area contributed by atoms with Crippen LogP contribution in [0.4, 0.5) is 0 Å². The van der Waals surface area contributed by atoms with Gasteiger partial charge < -0.3 is 11.1 Å². The molecule has 1 amide bonds. The quantitative estimate of drug-likeness (QED) is 0.525. The zero-order valence-electron chi connectivity index (χ0n) is 7.66. The van der Waals surface area contributed by atoms with Gasteiger partial charge in [0.2, 0.25) is 6.41 Å². The van der Waals surface area contributed by atoms with Crippen LogP contribution in [0.5, 0.6) is 0 Å². The number of hydrogen-bond donors (Lipinski definition) is 2. The fourth-order valence-electron chi connectivity index (χ4n) is 1.99. The van der Waals surface area contributed by atoms with Gasteiger partial charge in [-0.25, -0.2) is 0 Å². The predicted molar refractivity (Wildman–Crippen MR) is 56.3 cm³/mol. The van der Waals surface area contributed by atoms with Gasteiger partial charge >= 0.3 is 0 Å². The van der Waals surface area contributed by atoms with Gasteiger partial charge in [0, 0.05) is 0 Å². The van der Waals surface area contributed by atoms with Crippen molar-refractivity contribution in [2.75, 3.05) is 0 Å². The van der Waals surface area contributed by atoms with Crippen molar-refractivity contribution in [3.05, 3.63) is 0 Å². The van der Waals surface area contributed by atoms with Crippen LogP contribution in [0, 0.1) is 5.92 Å². The SMILES string of the molecule is NC(=S)C(NC=O)C1CCCCC1. The maximum Gasteiger partial charge on any atom is 0.207 e. The number of thiocarbonyl (C=S) groups is 1. The lowest BCUT2D eigenvalue weighted by Crippen LogP contribution is -2.45. The molecule has 3 N–H and O–H groups in total. The molecule has 0 aromatic heterocycles. The molecule has 1 rings (SSSR count). The molecule has 1 aliphatic rings. The number of carbonyl (C=O) groups excluding carboxylic acids is 1. The van der Waals surface area contributed by atoms with Gasteiger partial charge in [-0.05, 0) is 18.8 Å². The van der Waals surface area contributed by atoms with Crippen LogP contribution in [-0.2, 0) is 4.79 Å². The Labute approximate surface area is 84.1 Å². The second-order valence-electron chi connectivity index (χ2n) is 3.56. The topological polar surface area (TPSA) is 55.1 Å². The van der Waals surface area contributed by atoms with E-state index in [4.69, 9.17) is 18.0 Å². The van der Waals surface area contributed by atoms with Crippen molar-refractivity contribution in [2.24, 2.45) is 11.7 Å². The third-order valence-corrected chi connectivity index (χ3v) is 2.93. The molecule has 1 unspecified atom stereocenters. The van der Waals surface area contributed by atoms with Crippen LogP contribution in [0.2, 0.25) is 0 Å². The van der Waals surface area contributed by atoms with Crippen LogP contribution in [0.3, 0.4) is 0 Å². The summed E-state index contributed by atoms with van der Waals surface area (Å²) in [6.07, 6.45) is 6.69. The van der Waals surface area contributed by atoms with E-state index in [1.54, 1.807) is 0 Å². The molecular weight excluding hydrogens is 184 g/mol. The van der Waals surface area contributed by atoms with Gasteiger partial charge in [-0.1, -0.05) is 31.5 Å². The molecule has 1 fully saturated rings. The Hall–Kier alpha value is -0.640. The molecular formula is C9H16N2OS. The van der Waals surface area contributed by atoms with Crippen molar-refractivity contribution in [3.63, 3.8) is 0 Å². The van der Waals surface area contributed by atoms with E-state index >= 15 is 0 Å². The Balaban J connectivity index is 2.51. The molecule has 0 spiro atoms. The standard InChI is InChI=1S/C9H16N2OS/c10-9(13)8(11-6-12)7-4-2-1-3-5-7/h6-8H,1-5H2,(H2,10,13)(H,11,12). The predicted octanol–water partition coefficient (Wildman–Crippen LogP) is 0.967. The van der Waals surface area contributed by atoms with Crippen molar-refractivity contribution < 1.29 is 4.79 Å². The smallest absolute Gasteiger partial charge is 0.207 e. The average molecular weight is 200 g/mol. The van der Waals surface area contributed by atoms with Crippen LogP contribution in [0.15, 0.2) is 0 Å². The van der Waals surface area contributed by atoms with Gasteiger partial charge in [-0.3, -0.25) is 4.79 Å². The molecule has 0 radical (unpaired) electrons. The van der Waals surface area contributed by atoms with Crippen molar-refractivity contribution in [2.45, 2.75) is 38.1 Å². The minimum Gasteiger partial charge on any atom is -0.392 e. The lowest BCUT2D eigenvalue weighted by Gasteiger charge is -2.28. The summed E-state index contributed by atoms with van der Waals surface area (Å²) in [6.45, 7) is 0. The number of hydrogen-bond acceptors (Lipinski definition) is 2. The van der Waals surface area contributed by atoms with E-state index < -0.39 is 0 Å². The van der Waals surface area contributed by atoms with Crippen molar-refractivity contribution >= 4 is 23.6 Å². The second-order valence-corrected chi connectivity index (χ2v) is 4.03. The van der Waals surface area contributed by atoms with E-state index in [0.717, 1.165) is 12.8 Å². The third kappa shape index (κ3) is 2.95. The molecule has 3 nitrogen and oxygen atoms in total. The summed E-state index contributed by atoms with van der Waals surface area (Å²) in [5, 5.41) is 2.70. The minimum atomic E-state index is -0.0900. The highest BCUT2D eigenvalue weighted by atomic mass is 32.1. The molecule has 0 bridgehead atoms. The summed E-state index contributed by atoms with van der Waals surface area (Å²) in [4.78, 5) is 10.8. The molecule has 4 heteroatoms. The van der Waals surface area contributed by atoms with Crippen LogP contribution in [0.25, 0.3) is 0 Å². The molecule has 13 heavy (non-hydrogen) atoms. The Morgan fingerprint density at radius 3 is 2.54 bits per heavy atom. The zero-order chi connectivity index (χ0) is 9.68. The first-order valence-electron chi connectivity index (χ1n) is 4.74. The molecule has 74 valence electrons. The van der Waals surface area contributed by atoms with Crippen molar-refractivity contribution in [1.82, 2.24) is 5.32 Å². The number of nitrogens with two attached hydrogens (primary N) is 1. The third-order valence-electron chi connectivity index (χ3n) is 2.68. The fraction of sp³-hybridized carbons (Fsp3) is 0.778. The van der Waals surface area contributed by atoms with Crippen LogP contribution in [0.1, 0.15) is 32.1 Å². The first kappa shape index (κ1) is 10.4. The van der Waals surface area contributed by atoms with Gasteiger partial charge in [0.25, 0.3) is 0 Å². The lowest BCUT2D eigenvalue weighted by molar-refractivity contribution is -0.110. The molecule has 0 aromatic carbocycles. The van der Waals surface area contributed by atoms with Crippen LogP contribution in [-0.4, -0.2) is 17.4 Å². The first-order valence-corrected chi connectivity index (χ1v) is 5.15. The Bertz CT molecular complexity index is 190. The maximum absolute atomic E-state index is 10.3. The summed E-state index contributed by atoms with van der Waals surface area (Å²) in [6, 6.07) is -0.0900. The highest BCUT2D eigenvalue weighted by Crippen LogP contribution is 2.26. The minimum absolute atomic E-state index is 0.0900. The van der Waals surface area contributed by atoms with Gasteiger partial charge in [0.15, 0.2) is 0 Å². The van der Waals surface area contributed by atoms with Crippen molar-refractivity contribution in [1.29, 1.82) is 0 Å². The monoisotopic (exact) mass is 200 g/mol. The van der Waals surface area contributed by atoms with Crippen LogP contribution >= 0.6 is 12.2 Å². The summed E-state index contributed by atoms with van der Waals surface area (Å²) in [7, 11) is 0. The van der Waals surface area contributed by atoms with Crippen molar-refractivity contribution in [3.8, 4) is 0 Å². The van der Waals surface area contributed by atoms with E-state index in [0.29, 0.717) is 17.3 Å². The Morgan fingerprint density at radius 1 is 1.46 bits per heavy atom. The highest BCUT2D eigenvalue weighted by Gasteiger charge is 2.24. The summed E-state index contributed by atoms with van der Waals surface area (Å²) < 4.78 is 0. The highest BCUT2D eigenvalue weighted by molar-refractivity contribution is 7.80.